The molecule has 2 aromatic carbocycles. The van der Waals surface area contributed by atoms with E-state index in [1.807, 2.05) is 12.1 Å². The Bertz CT molecular complexity index is 535. The van der Waals surface area contributed by atoms with Crippen LogP contribution in [0.3, 0.4) is 0 Å². The second-order valence-corrected chi connectivity index (χ2v) is 16.4. The zero-order chi connectivity index (χ0) is 23.5. The Labute approximate surface area is 211 Å². The van der Waals surface area contributed by atoms with Crippen molar-refractivity contribution in [3.8, 4) is 11.5 Å². The van der Waals surface area contributed by atoms with E-state index in [1.165, 1.54) is 0 Å². The summed E-state index contributed by atoms with van der Waals surface area (Å²) in [5.41, 5.74) is 0. The van der Waals surface area contributed by atoms with Gasteiger partial charge >= 0.3 is 0 Å². The molecule has 176 valence electrons. The monoisotopic (exact) mass is 542 g/mol. The van der Waals surface area contributed by atoms with Gasteiger partial charge < -0.3 is 19.8 Å². The maximum absolute atomic E-state index is 9.58. The molecule has 0 unspecified atom stereocenters. The summed E-state index contributed by atoms with van der Waals surface area (Å²) in [4.78, 5) is 19.2. The van der Waals surface area contributed by atoms with Gasteiger partial charge in [0.1, 0.15) is 11.5 Å². The van der Waals surface area contributed by atoms with Crippen LogP contribution in [0.2, 0.25) is 36.3 Å². The number of benzene rings is 2. The summed E-state index contributed by atoms with van der Waals surface area (Å²) in [6, 6.07) is 23.5. The number of phenolic OH excluding ortho intramolecular Hbond substituents is 2. The molecule has 0 heterocycles. The molecule has 0 saturated heterocycles. The molecule has 2 rings (SSSR count). The SMILES string of the molecule is CC[Si](O)(CC)CC.CC[Si](O)(CC)CC.Oc1ccccc1.Oc1ccccc1.[Zr]. The number of hydrogen-bond donors (Lipinski definition) is 4. The molecule has 0 radical (unpaired) electrons. The first kappa shape index (κ1) is 34.9. The zero-order valence-electron chi connectivity index (χ0n) is 20.3. The van der Waals surface area contributed by atoms with Crippen molar-refractivity contribution < 1.29 is 46.0 Å². The molecule has 4 N–H and O–H groups in total. The predicted molar refractivity (Wildman–Crippen MR) is 135 cm³/mol. The molecule has 0 spiro atoms. The van der Waals surface area contributed by atoms with E-state index in [1.54, 1.807) is 48.5 Å². The number of hydrogen-bond acceptors (Lipinski definition) is 4. The van der Waals surface area contributed by atoms with E-state index in [-0.39, 0.29) is 26.2 Å². The molecule has 4 nitrogen and oxygen atoms in total. The van der Waals surface area contributed by atoms with Gasteiger partial charge in [-0.2, -0.15) is 0 Å². The molecule has 0 atom stereocenters. The molecular formula is C24H44O4Si2Zr. The van der Waals surface area contributed by atoms with Crippen LogP contribution in [0.4, 0.5) is 0 Å². The van der Waals surface area contributed by atoms with E-state index >= 15 is 0 Å². The van der Waals surface area contributed by atoms with Gasteiger partial charge in [0.15, 0.2) is 16.6 Å². The third-order valence-electron chi connectivity index (χ3n) is 5.46. The van der Waals surface area contributed by atoms with Gasteiger partial charge in [-0.15, -0.1) is 0 Å². The van der Waals surface area contributed by atoms with Crippen LogP contribution in [-0.2, 0) is 26.2 Å². The molecule has 0 fully saturated rings. The van der Waals surface area contributed by atoms with Gasteiger partial charge in [-0.1, -0.05) is 77.9 Å². The Morgan fingerprint density at radius 3 is 0.742 bits per heavy atom. The van der Waals surface area contributed by atoms with E-state index < -0.39 is 16.6 Å². The molecule has 0 amide bonds. The van der Waals surface area contributed by atoms with Crippen molar-refractivity contribution in [1.82, 2.24) is 0 Å². The van der Waals surface area contributed by atoms with Crippen LogP contribution in [0.1, 0.15) is 41.5 Å². The molecule has 2 aromatic rings. The fourth-order valence-corrected chi connectivity index (χ4v) is 5.36. The predicted octanol–water partition coefficient (Wildman–Crippen LogP) is 6.75. The van der Waals surface area contributed by atoms with E-state index in [0.29, 0.717) is 11.5 Å². The molecule has 0 aliphatic heterocycles. The number of aromatic hydroxyl groups is 2. The van der Waals surface area contributed by atoms with Crippen LogP contribution >= 0.6 is 0 Å². The van der Waals surface area contributed by atoms with Gasteiger partial charge in [0, 0.05) is 26.2 Å². The maximum atomic E-state index is 9.58. The van der Waals surface area contributed by atoms with E-state index in [9.17, 15) is 9.59 Å². The molecular weight excluding hydrogens is 500 g/mol. The third-order valence-corrected chi connectivity index (χ3v) is 13.4. The first-order valence-electron chi connectivity index (χ1n) is 11.1. The fourth-order valence-electron chi connectivity index (χ4n) is 2.36. The van der Waals surface area contributed by atoms with Crippen molar-refractivity contribution in [1.29, 1.82) is 0 Å². The summed E-state index contributed by atoms with van der Waals surface area (Å²) in [6.45, 7) is 12.5. The zero-order valence-corrected chi connectivity index (χ0v) is 24.8. The Morgan fingerprint density at radius 2 is 0.677 bits per heavy atom. The molecule has 31 heavy (non-hydrogen) atoms. The van der Waals surface area contributed by atoms with Gasteiger partial charge in [-0.3, -0.25) is 0 Å². The molecule has 0 saturated carbocycles. The summed E-state index contributed by atoms with van der Waals surface area (Å²) >= 11 is 0. The van der Waals surface area contributed by atoms with E-state index in [2.05, 4.69) is 41.5 Å². The third kappa shape index (κ3) is 19.7. The smallest absolute Gasteiger partial charge is 0.187 e. The maximum Gasteiger partial charge on any atom is 0.187 e. The molecule has 0 bridgehead atoms. The van der Waals surface area contributed by atoms with Gasteiger partial charge in [0.05, 0.1) is 0 Å². The van der Waals surface area contributed by atoms with Crippen LogP contribution in [0, 0.1) is 0 Å². The molecule has 7 heteroatoms. The Hall–Kier alpha value is -0.723. The minimum Gasteiger partial charge on any atom is -0.508 e. The molecule has 0 aliphatic rings. The van der Waals surface area contributed by atoms with Gasteiger partial charge in [0.25, 0.3) is 0 Å². The minimum absolute atomic E-state index is 0. The van der Waals surface area contributed by atoms with Crippen LogP contribution in [0.15, 0.2) is 60.7 Å². The fraction of sp³-hybridized carbons (Fsp3) is 0.500. The van der Waals surface area contributed by atoms with E-state index in [4.69, 9.17) is 10.2 Å². The second kappa shape index (κ2) is 21.1. The topological polar surface area (TPSA) is 80.9 Å². The van der Waals surface area contributed by atoms with Crippen molar-refractivity contribution >= 4 is 16.6 Å². The summed E-state index contributed by atoms with van der Waals surface area (Å²) < 4.78 is 0. The average Bonchev–Trinajstić information content (AvgIpc) is 2.80. The van der Waals surface area contributed by atoms with Crippen LogP contribution < -0.4 is 0 Å². The van der Waals surface area contributed by atoms with Gasteiger partial charge in [-0.05, 0) is 60.5 Å². The number of rotatable bonds is 6. The van der Waals surface area contributed by atoms with Crippen molar-refractivity contribution in [2.24, 2.45) is 0 Å². The first-order chi connectivity index (χ1) is 14.2. The van der Waals surface area contributed by atoms with Crippen molar-refractivity contribution in [3.63, 3.8) is 0 Å². The number of phenols is 2. The van der Waals surface area contributed by atoms with Crippen molar-refractivity contribution in [2.45, 2.75) is 77.8 Å². The van der Waals surface area contributed by atoms with E-state index in [0.717, 1.165) is 36.3 Å². The largest absolute Gasteiger partial charge is 0.508 e. The standard InChI is InChI=1S/2C6H16OSi.2C6H6O.Zr/c2*1-4-8(7,5-2)6-3;2*7-6-4-2-1-3-5-6;/h2*7H,4-6H2,1-3H3;2*1-5,7H;. The summed E-state index contributed by atoms with van der Waals surface area (Å²) in [7, 11) is -3.34. The molecule has 0 aliphatic carbocycles. The minimum atomic E-state index is -1.67. The van der Waals surface area contributed by atoms with Crippen LogP contribution in [0.5, 0.6) is 11.5 Å². The first-order valence-corrected chi connectivity index (χ1v) is 16.2. The summed E-state index contributed by atoms with van der Waals surface area (Å²) in [5, 5.41) is 17.3. The van der Waals surface area contributed by atoms with Crippen LogP contribution in [-0.4, -0.2) is 36.4 Å². The Kier molecular flexibility index (Phi) is 23.8. The summed E-state index contributed by atoms with van der Waals surface area (Å²) in [5.74, 6) is 0.644. The second-order valence-electron chi connectivity index (χ2n) is 7.24. The average molecular weight is 544 g/mol. The van der Waals surface area contributed by atoms with Crippen molar-refractivity contribution in [2.75, 3.05) is 0 Å². The summed E-state index contributed by atoms with van der Waals surface area (Å²) in [6.07, 6.45) is 0. The Morgan fingerprint density at radius 1 is 0.484 bits per heavy atom. The van der Waals surface area contributed by atoms with Gasteiger partial charge in [-0.25, -0.2) is 0 Å². The quantitative estimate of drug-likeness (QED) is 0.304. The van der Waals surface area contributed by atoms with Crippen LogP contribution in [0.25, 0.3) is 0 Å². The number of para-hydroxylation sites is 2. The normalized spacial score (nSPS) is 10.1. The molecule has 0 aromatic heterocycles. The van der Waals surface area contributed by atoms with Gasteiger partial charge in [0.2, 0.25) is 0 Å². The Balaban J connectivity index is -0.000000334. The van der Waals surface area contributed by atoms with Crippen molar-refractivity contribution in [3.05, 3.63) is 60.7 Å².